The van der Waals surface area contributed by atoms with Gasteiger partial charge in [-0.15, -0.1) is 0 Å². The van der Waals surface area contributed by atoms with E-state index in [0.29, 0.717) is 16.7 Å². The Morgan fingerprint density at radius 3 is 2.00 bits per heavy atom. The number of para-hydroxylation sites is 1. The minimum absolute atomic E-state index is 0.196. The van der Waals surface area contributed by atoms with Crippen LogP contribution < -0.4 is 15.4 Å². The fourth-order valence-electron chi connectivity index (χ4n) is 3.31. The van der Waals surface area contributed by atoms with E-state index in [1.807, 2.05) is 105 Å². The smallest absolute Gasteiger partial charge is 0.282 e. The SMILES string of the molecule is CN(C)c1ccc(C=Nn2c(-c3ccc(N(C)C)cc3)nc3ccccc3c2=O)cc1. The average molecular weight is 412 g/mol. The molecule has 156 valence electrons. The van der Waals surface area contributed by atoms with Gasteiger partial charge in [0.05, 0.1) is 17.1 Å². The van der Waals surface area contributed by atoms with Gasteiger partial charge in [0.25, 0.3) is 5.56 Å². The lowest BCUT2D eigenvalue weighted by Gasteiger charge is -2.14. The van der Waals surface area contributed by atoms with E-state index in [2.05, 4.69) is 5.10 Å². The molecule has 0 radical (unpaired) electrons. The Labute approximate surface area is 181 Å². The molecule has 0 unspecified atom stereocenters. The van der Waals surface area contributed by atoms with Crippen molar-refractivity contribution >= 4 is 28.5 Å². The van der Waals surface area contributed by atoms with E-state index < -0.39 is 0 Å². The van der Waals surface area contributed by atoms with Gasteiger partial charge in [0.15, 0.2) is 5.82 Å². The van der Waals surface area contributed by atoms with Crippen molar-refractivity contribution in [1.82, 2.24) is 9.66 Å². The number of hydrogen-bond donors (Lipinski definition) is 0. The summed E-state index contributed by atoms with van der Waals surface area (Å²) in [6.07, 6.45) is 1.69. The van der Waals surface area contributed by atoms with E-state index in [9.17, 15) is 4.79 Å². The van der Waals surface area contributed by atoms with E-state index in [-0.39, 0.29) is 5.56 Å². The Bertz CT molecular complexity index is 1290. The molecule has 0 N–H and O–H groups in total. The van der Waals surface area contributed by atoms with Crippen molar-refractivity contribution < 1.29 is 0 Å². The second-order valence-corrected chi connectivity index (χ2v) is 7.74. The number of rotatable bonds is 5. The lowest BCUT2D eigenvalue weighted by molar-refractivity contribution is 0.829. The lowest BCUT2D eigenvalue weighted by Crippen LogP contribution is -2.20. The van der Waals surface area contributed by atoms with Crippen molar-refractivity contribution in [2.45, 2.75) is 0 Å². The molecular formula is C25H25N5O. The van der Waals surface area contributed by atoms with Crippen LogP contribution in [0.4, 0.5) is 11.4 Å². The van der Waals surface area contributed by atoms with Crippen molar-refractivity contribution in [3.05, 3.63) is 88.7 Å². The molecule has 4 aromatic rings. The molecule has 0 fully saturated rings. The molecule has 6 nitrogen and oxygen atoms in total. The first-order valence-corrected chi connectivity index (χ1v) is 10.1. The van der Waals surface area contributed by atoms with E-state index in [0.717, 1.165) is 22.5 Å². The van der Waals surface area contributed by atoms with Crippen LogP contribution in [0.2, 0.25) is 0 Å². The third-order valence-corrected chi connectivity index (χ3v) is 5.13. The van der Waals surface area contributed by atoms with Gasteiger partial charge in [0, 0.05) is 45.1 Å². The molecule has 4 rings (SSSR count). The van der Waals surface area contributed by atoms with Gasteiger partial charge in [-0.05, 0) is 54.1 Å². The molecule has 0 amide bonds. The van der Waals surface area contributed by atoms with Crippen molar-refractivity contribution in [3.8, 4) is 11.4 Å². The van der Waals surface area contributed by atoms with Gasteiger partial charge < -0.3 is 9.80 Å². The molecule has 1 heterocycles. The predicted molar refractivity (Wildman–Crippen MR) is 130 cm³/mol. The summed E-state index contributed by atoms with van der Waals surface area (Å²) in [4.78, 5) is 22.1. The molecule has 0 saturated carbocycles. The van der Waals surface area contributed by atoms with Gasteiger partial charge >= 0.3 is 0 Å². The quantitative estimate of drug-likeness (QED) is 0.465. The topological polar surface area (TPSA) is 53.7 Å². The lowest BCUT2D eigenvalue weighted by atomic mass is 10.1. The fourth-order valence-corrected chi connectivity index (χ4v) is 3.31. The fraction of sp³-hybridized carbons (Fsp3) is 0.160. The van der Waals surface area contributed by atoms with Crippen LogP contribution in [0.1, 0.15) is 5.56 Å². The Hall–Kier alpha value is -3.93. The van der Waals surface area contributed by atoms with Crippen LogP contribution in [0.3, 0.4) is 0 Å². The normalized spacial score (nSPS) is 11.2. The zero-order valence-electron chi connectivity index (χ0n) is 18.1. The number of nitrogens with zero attached hydrogens (tertiary/aromatic N) is 5. The summed E-state index contributed by atoms with van der Waals surface area (Å²) < 4.78 is 1.38. The van der Waals surface area contributed by atoms with Gasteiger partial charge in [0.1, 0.15) is 0 Å². The predicted octanol–water partition coefficient (Wildman–Crippen LogP) is 4.08. The van der Waals surface area contributed by atoms with Crippen LogP contribution in [0.5, 0.6) is 0 Å². The number of benzene rings is 3. The summed E-state index contributed by atoms with van der Waals surface area (Å²) in [7, 11) is 7.98. The summed E-state index contributed by atoms with van der Waals surface area (Å²) in [6, 6.07) is 23.3. The van der Waals surface area contributed by atoms with Crippen LogP contribution in [0.15, 0.2) is 82.7 Å². The third-order valence-electron chi connectivity index (χ3n) is 5.13. The molecule has 6 heteroatoms. The Kier molecular flexibility index (Phi) is 5.54. The highest BCUT2D eigenvalue weighted by atomic mass is 16.1. The number of hydrogen-bond acceptors (Lipinski definition) is 5. The third kappa shape index (κ3) is 4.19. The number of aromatic nitrogens is 2. The molecule has 0 bridgehead atoms. The monoisotopic (exact) mass is 411 g/mol. The molecule has 0 aliphatic carbocycles. The molecule has 1 aromatic heterocycles. The van der Waals surface area contributed by atoms with E-state index in [1.165, 1.54) is 4.68 Å². The second-order valence-electron chi connectivity index (χ2n) is 7.74. The van der Waals surface area contributed by atoms with Gasteiger partial charge in [-0.3, -0.25) is 4.79 Å². The molecule has 0 aliphatic rings. The standard InChI is InChI=1S/C25H25N5O/c1-28(2)20-13-9-18(10-14-20)17-26-30-24(19-11-15-21(16-12-19)29(3)4)27-23-8-6-5-7-22(23)25(30)31/h5-17H,1-4H3. The summed E-state index contributed by atoms with van der Waals surface area (Å²) in [5.41, 5.74) is 4.36. The van der Waals surface area contributed by atoms with Crippen molar-refractivity contribution in [2.75, 3.05) is 38.0 Å². The first-order valence-electron chi connectivity index (χ1n) is 10.1. The zero-order valence-corrected chi connectivity index (χ0v) is 18.1. The average Bonchev–Trinajstić information content (AvgIpc) is 2.78. The van der Waals surface area contributed by atoms with Gasteiger partial charge in [0.2, 0.25) is 0 Å². The molecule has 0 atom stereocenters. The van der Waals surface area contributed by atoms with Crippen LogP contribution in [-0.2, 0) is 0 Å². The van der Waals surface area contributed by atoms with Crippen LogP contribution >= 0.6 is 0 Å². The zero-order chi connectivity index (χ0) is 22.0. The number of anilines is 2. The summed E-state index contributed by atoms with van der Waals surface area (Å²) in [5, 5.41) is 5.07. The highest BCUT2D eigenvalue weighted by Crippen LogP contribution is 2.22. The van der Waals surface area contributed by atoms with Crippen LogP contribution in [-0.4, -0.2) is 44.1 Å². The molecular weight excluding hydrogens is 386 g/mol. The largest absolute Gasteiger partial charge is 0.378 e. The molecule has 31 heavy (non-hydrogen) atoms. The Morgan fingerprint density at radius 2 is 1.39 bits per heavy atom. The highest BCUT2D eigenvalue weighted by Gasteiger charge is 2.12. The van der Waals surface area contributed by atoms with E-state index >= 15 is 0 Å². The minimum atomic E-state index is -0.196. The minimum Gasteiger partial charge on any atom is -0.378 e. The highest BCUT2D eigenvalue weighted by molar-refractivity contribution is 5.82. The summed E-state index contributed by atoms with van der Waals surface area (Å²) in [6.45, 7) is 0. The van der Waals surface area contributed by atoms with E-state index in [1.54, 1.807) is 12.3 Å². The molecule has 0 aliphatic heterocycles. The first kappa shape index (κ1) is 20.3. The molecule has 0 saturated heterocycles. The van der Waals surface area contributed by atoms with Crippen molar-refractivity contribution in [3.63, 3.8) is 0 Å². The Morgan fingerprint density at radius 1 is 0.806 bits per heavy atom. The maximum absolute atomic E-state index is 13.3. The second kappa shape index (κ2) is 8.44. The van der Waals surface area contributed by atoms with Crippen LogP contribution in [0.25, 0.3) is 22.3 Å². The maximum atomic E-state index is 13.3. The maximum Gasteiger partial charge on any atom is 0.282 e. The summed E-state index contributed by atoms with van der Waals surface area (Å²) >= 11 is 0. The Balaban J connectivity index is 1.83. The summed E-state index contributed by atoms with van der Waals surface area (Å²) in [5.74, 6) is 0.509. The molecule has 0 spiro atoms. The van der Waals surface area contributed by atoms with Crippen molar-refractivity contribution in [1.29, 1.82) is 0 Å². The number of fused-ring (bicyclic) bond motifs is 1. The first-order chi connectivity index (χ1) is 14.9. The van der Waals surface area contributed by atoms with Crippen LogP contribution in [0, 0.1) is 0 Å². The van der Waals surface area contributed by atoms with Crippen molar-refractivity contribution in [2.24, 2.45) is 5.10 Å². The van der Waals surface area contributed by atoms with Gasteiger partial charge in [-0.25, -0.2) is 4.98 Å². The van der Waals surface area contributed by atoms with Gasteiger partial charge in [-0.1, -0.05) is 24.3 Å². The van der Waals surface area contributed by atoms with Gasteiger partial charge in [-0.2, -0.15) is 9.78 Å². The van der Waals surface area contributed by atoms with E-state index in [4.69, 9.17) is 4.98 Å². The molecule has 3 aromatic carbocycles.